The Morgan fingerprint density at radius 2 is 1.70 bits per heavy atom. The van der Waals surface area contributed by atoms with Crippen LogP contribution in [-0.2, 0) is 6.42 Å². The van der Waals surface area contributed by atoms with Crippen LogP contribution in [0.2, 0.25) is 0 Å². The van der Waals surface area contributed by atoms with Crippen LogP contribution in [0.15, 0.2) is 36.6 Å². The number of phenols is 1. The normalized spacial score (nSPS) is 19.8. The Morgan fingerprint density at radius 1 is 1.00 bits per heavy atom. The maximum atomic E-state index is 10.1. The topological polar surface area (TPSA) is 86.6 Å². The van der Waals surface area contributed by atoms with Crippen LogP contribution in [0.25, 0.3) is 0 Å². The van der Waals surface area contributed by atoms with Gasteiger partial charge in [-0.25, -0.2) is 0 Å². The zero-order chi connectivity index (χ0) is 19.0. The Bertz CT molecular complexity index is 865. The fourth-order valence-electron chi connectivity index (χ4n) is 3.26. The fraction of sp³-hybridized carbons (Fsp3) is 0.300. The molecule has 0 fully saturated rings. The Morgan fingerprint density at radius 3 is 2.37 bits per heavy atom. The summed E-state index contributed by atoms with van der Waals surface area (Å²) in [7, 11) is 2.90. The first-order valence-electron chi connectivity index (χ1n) is 8.52. The molecule has 2 aromatic rings. The van der Waals surface area contributed by atoms with Gasteiger partial charge in [-0.15, -0.1) is 0 Å². The van der Waals surface area contributed by atoms with Crippen LogP contribution in [0.4, 0.5) is 0 Å². The van der Waals surface area contributed by atoms with Gasteiger partial charge in [-0.05, 0) is 30.7 Å². The number of allylic oxidation sites excluding steroid dienone is 1. The van der Waals surface area contributed by atoms with Gasteiger partial charge < -0.3 is 33.9 Å². The number of rotatable bonds is 4. The molecule has 2 aliphatic heterocycles. The lowest BCUT2D eigenvalue weighted by atomic mass is 10.0. The van der Waals surface area contributed by atoms with Gasteiger partial charge in [0.1, 0.15) is 5.75 Å². The smallest absolute Gasteiger partial charge is 0.200 e. The van der Waals surface area contributed by atoms with Gasteiger partial charge >= 0.3 is 0 Å². The van der Waals surface area contributed by atoms with E-state index in [9.17, 15) is 10.2 Å². The minimum absolute atomic E-state index is 0.101. The highest BCUT2D eigenvalue weighted by Gasteiger charge is 2.35. The highest BCUT2D eigenvalue weighted by Crippen LogP contribution is 2.46. The van der Waals surface area contributed by atoms with E-state index >= 15 is 0 Å². The Labute approximate surface area is 156 Å². The molecule has 4 rings (SSSR count). The van der Waals surface area contributed by atoms with Gasteiger partial charge in [0.15, 0.2) is 35.2 Å². The van der Waals surface area contributed by atoms with Crippen LogP contribution in [0.5, 0.6) is 34.5 Å². The summed E-state index contributed by atoms with van der Waals surface area (Å²) in [5, 5.41) is 20.0. The number of methoxy groups -OCH3 is 2. The second-order valence-electron chi connectivity index (χ2n) is 6.25. The molecule has 142 valence electrons. The lowest BCUT2D eigenvalue weighted by Gasteiger charge is -2.34. The quantitative estimate of drug-likeness (QED) is 0.853. The van der Waals surface area contributed by atoms with Crippen molar-refractivity contribution in [2.24, 2.45) is 0 Å². The molecule has 0 unspecified atom stereocenters. The maximum Gasteiger partial charge on any atom is 0.200 e. The Hall–Kier alpha value is -3.06. The van der Waals surface area contributed by atoms with Crippen molar-refractivity contribution in [3.8, 4) is 34.5 Å². The van der Waals surface area contributed by atoms with Gasteiger partial charge in [0, 0.05) is 17.2 Å². The number of aliphatic hydroxyl groups is 1. The van der Waals surface area contributed by atoms with Crippen LogP contribution < -0.4 is 23.7 Å². The molecule has 2 atom stereocenters. The van der Waals surface area contributed by atoms with Crippen molar-refractivity contribution in [3.05, 3.63) is 47.7 Å². The third-order valence-corrected chi connectivity index (χ3v) is 4.64. The van der Waals surface area contributed by atoms with E-state index in [2.05, 4.69) is 0 Å². The summed E-state index contributed by atoms with van der Waals surface area (Å²) >= 11 is 0. The van der Waals surface area contributed by atoms with Crippen molar-refractivity contribution < 1.29 is 33.9 Å². The molecule has 7 nitrogen and oxygen atoms in total. The van der Waals surface area contributed by atoms with Crippen molar-refractivity contribution in [3.63, 3.8) is 0 Å². The minimum Gasteiger partial charge on any atom is -0.502 e. The Kier molecular flexibility index (Phi) is 4.45. The third kappa shape index (κ3) is 3.00. The predicted molar refractivity (Wildman–Crippen MR) is 96.0 cm³/mol. The number of benzene rings is 2. The minimum atomic E-state index is -0.630. The molecule has 7 heteroatoms. The molecule has 2 aromatic carbocycles. The van der Waals surface area contributed by atoms with E-state index in [-0.39, 0.29) is 23.9 Å². The van der Waals surface area contributed by atoms with Crippen molar-refractivity contribution in [1.82, 2.24) is 0 Å². The van der Waals surface area contributed by atoms with E-state index in [1.54, 1.807) is 24.5 Å². The van der Waals surface area contributed by atoms with E-state index in [0.717, 1.165) is 12.0 Å². The molecule has 0 saturated carbocycles. The summed E-state index contributed by atoms with van der Waals surface area (Å²) in [4.78, 5) is 0. The van der Waals surface area contributed by atoms with Gasteiger partial charge in [-0.3, -0.25) is 0 Å². The van der Waals surface area contributed by atoms with Crippen LogP contribution in [-0.4, -0.2) is 37.1 Å². The zero-order valence-corrected chi connectivity index (χ0v) is 15.0. The summed E-state index contributed by atoms with van der Waals surface area (Å²) in [5.41, 5.74) is 1.63. The van der Waals surface area contributed by atoms with Crippen LogP contribution in [0, 0.1) is 0 Å². The lowest BCUT2D eigenvalue weighted by Crippen LogP contribution is -2.36. The first-order chi connectivity index (χ1) is 13.1. The average Bonchev–Trinajstić information content (AvgIpc) is 2.71. The third-order valence-electron chi connectivity index (χ3n) is 4.64. The van der Waals surface area contributed by atoms with E-state index < -0.39 is 12.2 Å². The Balaban J connectivity index is 1.74. The van der Waals surface area contributed by atoms with Crippen molar-refractivity contribution >= 4 is 0 Å². The molecule has 2 N–H and O–H groups in total. The summed E-state index contributed by atoms with van der Waals surface area (Å²) < 4.78 is 28.1. The zero-order valence-electron chi connectivity index (χ0n) is 15.0. The van der Waals surface area contributed by atoms with Gasteiger partial charge in [-0.1, -0.05) is 0 Å². The SMILES string of the molecule is COc1cc([C@H]2Oc3cc4c(cc3O[C@H]2CO)CC=CO4)cc(OC)c1O. The molecular formula is C20H20O7. The largest absolute Gasteiger partial charge is 0.502 e. The van der Waals surface area contributed by atoms with Crippen LogP contribution >= 0.6 is 0 Å². The molecule has 27 heavy (non-hydrogen) atoms. The monoisotopic (exact) mass is 372 g/mol. The molecule has 0 amide bonds. The summed E-state index contributed by atoms with van der Waals surface area (Å²) in [5.74, 6) is 2.17. The number of aromatic hydroxyl groups is 1. The highest BCUT2D eigenvalue weighted by molar-refractivity contribution is 5.56. The van der Waals surface area contributed by atoms with E-state index in [0.29, 0.717) is 22.8 Å². The summed E-state index contributed by atoms with van der Waals surface area (Å²) in [6.07, 6.45) is 3.05. The standard InChI is InChI=1S/C20H20O7/c1-23-16-7-12(8-17(24-2)19(16)22)20-18(10-21)26-14-6-11-4-3-5-25-13(11)9-15(14)27-20/h3,5-9,18,20-22H,4,10H2,1-2H3/t18-,20+/m0/s1. The number of phenolic OH excluding ortho intramolecular Hbond substituents is 1. The molecular weight excluding hydrogens is 352 g/mol. The summed E-state index contributed by atoms with van der Waals surface area (Å²) in [6.45, 7) is -0.247. The number of aliphatic hydroxyl groups excluding tert-OH is 1. The number of hydrogen-bond donors (Lipinski definition) is 2. The van der Waals surface area contributed by atoms with Crippen LogP contribution in [0.3, 0.4) is 0 Å². The summed E-state index contributed by atoms with van der Waals surface area (Å²) in [6, 6.07) is 6.92. The molecule has 2 heterocycles. The first-order valence-corrected chi connectivity index (χ1v) is 8.52. The van der Waals surface area contributed by atoms with E-state index in [1.807, 2.05) is 12.1 Å². The van der Waals surface area contributed by atoms with Crippen molar-refractivity contribution in [2.75, 3.05) is 20.8 Å². The second kappa shape index (κ2) is 6.92. The van der Waals surface area contributed by atoms with Gasteiger partial charge in [-0.2, -0.15) is 0 Å². The van der Waals surface area contributed by atoms with Crippen molar-refractivity contribution in [1.29, 1.82) is 0 Å². The highest BCUT2D eigenvalue weighted by atomic mass is 16.6. The van der Waals surface area contributed by atoms with E-state index in [1.165, 1.54) is 14.2 Å². The average molecular weight is 372 g/mol. The molecule has 0 radical (unpaired) electrons. The maximum absolute atomic E-state index is 10.1. The first kappa shape index (κ1) is 17.4. The molecule has 0 aromatic heterocycles. The van der Waals surface area contributed by atoms with Crippen LogP contribution in [0.1, 0.15) is 17.2 Å². The molecule has 0 bridgehead atoms. The van der Waals surface area contributed by atoms with Crippen molar-refractivity contribution in [2.45, 2.75) is 18.6 Å². The molecule has 0 saturated heterocycles. The lowest BCUT2D eigenvalue weighted by molar-refractivity contribution is -0.0127. The number of fused-ring (bicyclic) bond motifs is 2. The predicted octanol–water partition coefficient (Wildman–Crippen LogP) is 2.73. The van der Waals surface area contributed by atoms with E-state index in [4.69, 9.17) is 23.7 Å². The van der Waals surface area contributed by atoms with Gasteiger partial charge in [0.2, 0.25) is 5.75 Å². The number of hydrogen-bond acceptors (Lipinski definition) is 7. The molecule has 0 spiro atoms. The second-order valence-corrected chi connectivity index (χ2v) is 6.25. The number of ether oxygens (including phenoxy) is 5. The van der Waals surface area contributed by atoms with Gasteiger partial charge in [0.25, 0.3) is 0 Å². The van der Waals surface area contributed by atoms with Gasteiger partial charge in [0.05, 0.1) is 27.1 Å². The molecule has 0 aliphatic carbocycles. The fourth-order valence-corrected chi connectivity index (χ4v) is 3.26. The molecule has 2 aliphatic rings.